The predicted molar refractivity (Wildman–Crippen MR) is 47.5 cm³/mol. The molecule has 0 bridgehead atoms. The number of aliphatic hydroxyl groups excluding tert-OH is 1. The molecule has 0 atom stereocenters. The van der Waals surface area contributed by atoms with Crippen molar-refractivity contribution in [2.45, 2.75) is 0 Å². The number of ether oxygens (including phenoxy) is 1. The van der Waals surface area contributed by atoms with Gasteiger partial charge >= 0.3 is 6.09 Å². The minimum absolute atomic E-state index is 0.105. The lowest BCUT2D eigenvalue weighted by molar-refractivity contribution is 0.195. The molecule has 0 aliphatic heterocycles. The van der Waals surface area contributed by atoms with Crippen molar-refractivity contribution in [1.29, 1.82) is 0 Å². The Morgan fingerprint density at radius 3 is 3.00 bits per heavy atom. The number of amides is 1. The molecule has 0 aromatic heterocycles. The molecule has 2 N–H and O–H groups in total. The van der Waals surface area contributed by atoms with Gasteiger partial charge in [0.25, 0.3) is 0 Å². The van der Waals surface area contributed by atoms with Crippen LogP contribution in [0.2, 0.25) is 0 Å². The van der Waals surface area contributed by atoms with Gasteiger partial charge in [0, 0.05) is 12.6 Å². The zero-order valence-electron chi connectivity index (χ0n) is 7.37. The Hall–Kier alpha value is -1.62. The zero-order valence-corrected chi connectivity index (χ0v) is 7.37. The summed E-state index contributed by atoms with van der Waals surface area (Å²) in [5.74, 6) is -0.349. The van der Waals surface area contributed by atoms with Gasteiger partial charge in [0.1, 0.15) is 11.6 Å². The second kappa shape index (κ2) is 5.18. The van der Waals surface area contributed by atoms with Gasteiger partial charge in [-0.25, -0.2) is 9.18 Å². The summed E-state index contributed by atoms with van der Waals surface area (Å²) < 4.78 is 17.3. The molecule has 0 unspecified atom stereocenters. The molecule has 0 heterocycles. The summed E-state index contributed by atoms with van der Waals surface area (Å²) in [6, 6.07) is 5.24. The van der Waals surface area contributed by atoms with Gasteiger partial charge in [-0.1, -0.05) is 6.07 Å². The van der Waals surface area contributed by atoms with E-state index in [1.54, 1.807) is 0 Å². The predicted octanol–water partition coefficient (Wildman–Crippen LogP) is 0.906. The largest absolute Gasteiger partial charge is 0.412 e. The molecule has 0 aliphatic rings. The first-order valence-corrected chi connectivity index (χ1v) is 4.04. The number of aliphatic hydroxyl groups is 1. The summed E-state index contributed by atoms with van der Waals surface area (Å²) >= 11 is 0. The molecule has 5 heteroatoms. The van der Waals surface area contributed by atoms with Gasteiger partial charge in [-0.2, -0.15) is 0 Å². The van der Waals surface area contributed by atoms with E-state index in [1.807, 2.05) is 0 Å². The lowest BCUT2D eigenvalue weighted by Crippen LogP contribution is -2.29. The Balaban J connectivity index is 2.47. The van der Waals surface area contributed by atoms with E-state index >= 15 is 0 Å². The number of nitrogens with one attached hydrogen (secondary N) is 1. The molecular formula is C9H10FNO3. The topological polar surface area (TPSA) is 58.6 Å². The smallest absolute Gasteiger partial charge is 0.410 e. The van der Waals surface area contributed by atoms with Gasteiger partial charge < -0.3 is 15.2 Å². The van der Waals surface area contributed by atoms with Gasteiger partial charge in [0.05, 0.1) is 6.61 Å². The Kier molecular flexibility index (Phi) is 3.87. The van der Waals surface area contributed by atoms with Crippen LogP contribution >= 0.6 is 0 Å². The first kappa shape index (κ1) is 10.5. The average Bonchev–Trinajstić information content (AvgIpc) is 2.15. The fraction of sp³-hybridized carbons (Fsp3) is 0.222. The van der Waals surface area contributed by atoms with E-state index in [0.29, 0.717) is 0 Å². The number of hydrogen-bond donors (Lipinski definition) is 2. The third kappa shape index (κ3) is 3.40. The van der Waals surface area contributed by atoms with Gasteiger partial charge in [0.2, 0.25) is 0 Å². The molecule has 4 nitrogen and oxygen atoms in total. The first-order valence-electron chi connectivity index (χ1n) is 4.04. The molecular weight excluding hydrogens is 189 g/mol. The van der Waals surface area contributed by atoms with Crippen molar-refractivity contribution in [3.63, 3.8) is 0 Å². The molecule has 0 radical (unpaired) electrons. The van der Waals surface area contributed by atoms with E-state index in [0.717, 1.165) is 6.07 Å². The van der Waals surface area contributed by atoms with E-state index in [2.05, 4.69) is 5.32 Å². The van der Waals surface area contributed by atoms with E-state index in [9.17, 15) is 9.18 Å². The van der Waals surface area contributed by atoms with Crippen molar-refractivity contribution in [3.05, 3.63) is 30.1 Å². The van der Waals surface area contributed by atoms with Crippen LogP contribution in [0.15, 0.2) is 24.3 Å². The maximum Gasteiger partial charge on any atom is 0.412 e. The summed E-state index contributed by atoms with van der Waals surface area (Å²) in [4.78, 5) is 10.9. The summed E-state index contributed by atoms with van der Waals surface area (Å²) in [6.45, 7) is -0.0631. The highest BCUT2D eigenvalue weighted by Crippen LogP contribution is 2.11. The molecule has 0 fully saturated rings. The molecule has 1 rings (SSSR count). The van der Waals surface area contributed by atoms with Gasteiger partial charge in [0.15, 0.2) is 0 Å². The van der Waals surface area contributed by atoms with Crippen LogP contribution in [-0.4, -0.2) is 24.4 Å². The molecule has 0 aliphatic carbocycles. The number of rotatable bonds is 3. The standard InChI is InChI=1S/C9H10FNO3/c10-7-2-1-3-8(6-7)14-9(13)11-4-5-12/h1-3,6,12H,4-5H2,(H,11,13). The lowest BCUT2D eigenvalue weighted by Gasteiger charge is -2.04. The van der Waals surface area contributed by atoms with Gasteiger partial charge in [-0.05, 0) is 12.1 Å². The quantitative estimate of drug-likeness (QED) is 0.760. The second-order valence-electron chi connectivity index (χ2n) is 2.50. The van der Waals surface area contributed by atoms with Crippen LogP contribution < -0.4 is 10.1 Å². The van der Waals surface area contributed by atoms with Crippen LogP contribution in [-0.2, 0) is 0 Å². The maximum absolute atomic E-state index is 12.6. The van der Waals surface area contributed by atoms with Crippen molar-refractivity contribution in [2.75, 3.05) is 13.2 Å². The number of carbonyl (C=O) groups excluding carboxylic acids is 1. The molecule has 0 saturated heterocycles. The van der Waals surface area contributed by atoms with Crippen LogP contribution in [0, 0.1) is 5.82 Å². The minimum atomic E-state index is -0.718. The van der Waals surface area contributed by atoms with Crippen molar-refractivity contribution < 1.29 is 19.0 Å². The number of halogens is 1. The average molecular weight is 199 g/mol. The van der Waals surface area contributed by atoms with Crippen molar-refractivity contribution >= 4 is 6.09 Å². The fourth-order valence-corrected chi connectivity index (χ4v) is 0.832. The Morgan fingerprint density at radius 2 is 2.36 bits per heavy atom. The van der Waals surface area contributed by atoms with Crippen LogP contribution in [0.25, 0.3) is 0 Å². The summed E-state index contributed by atoms with van der Waals surface area (Å²) in [5.41, 5.74) is 0. The van der Waals surface area contributed by atoms with Crippen molar-refractivity contribution in [1.82, 2.24) is 5.32 Å². The molecule has 0 spiro atoms. The number of hydrogen-bond acceptors (Lipinski definition) is 3. The first-order chi connectivity index (χ1) is 6.72. The zero-order chi connectivity index (χ0) is 10.4. The Morgan fingerprint density at radius 1 is 1.57 bits per heavy atom. The second-order valence-corrected chi connectivity index (χ2v) is 2.50. The van der Waals surface area contributed by atoms with Crippen LogP contribution in [0.5, 0.6) is 5.75 Å². The third-order valence-electron chi connectivity index (χ3n) is 1.39. The summed E-state index contributed by atoms with van der Waals surface area (Å²) in [7, 11) is 0. The van der Waals surface area contributed by atoms with Gasteiger partial charge in [-0.3, -0.25) is 0 Å². The van der Waals surface area contributed by atoms with E-state index in [1.165, 1.54) is 18.2 Å². The maximum atomic E-state index is 12.6. The van der Waals surface area contributed by atoms with Gasteiger partial charge in [-0.15, -0.1) is 0 Å². The SMILES string of the molecule is O=C(NCCO)Oc1cccc(F)c1. The Bertz CT molecular complexity index is 317. The molecule has 1 amide bonds. The van der Waals surface area contributed by atoms with E-state index in [-0.39, 0.29) is 18.9 Å². The molecule has 1 aromatic rings. The number of benzene rings is 1. The lowest BCUT2D eigenvalue weighted by atomic mass is 10.3. The highest BCUT2D eigenvalue weighted by atomic mass is 19.1. The molecule has 14 heavy (non-hydrogen) atoms. The molecule has 76 valence electrons. The number of carbonyl (C=O) groups is 1. The van der Waals surface area contributed by atoms with Crippen LogP contribution in [0.4, 0.5) is 9.18 Å². The molecule has 0 saturated carbocycles. The highest BCUT2D eigenvalue weighted by Gasteiger charge is 2.03. The fourth-order valence-electron chi connectivity index (χ4n) is 0.832. The van der Waals surface area contributed by atoms with Crippen molar-refractivity contribution in [2.24, 2.45) is 0 Å². The van der Waals surface area contributed by atoms with Crippen LogP contribution in [0.3, 0.4) is 0 Å². The summed E-state index contributed by atoms with van der Waals surface area (Å²) in [6.07, 6.45) is -0.718. The third-order valence-corrected chi connectivity index (χ3v) is 1.39. The normalized spacial score (nSPS) is 9.57. The minimum Gasteiger partial charge on any atom is -0.410 e. The summed E-state index contributed by atoms with van der Waals surface area (Å²) in [5, 5.41) is 10.7. The Labute approximate surface area is 80.3 Å². The monoisotopic (exact) mass is 199 g/mol. The van der Waals surface area contributed by atoms with E-state index < -0.39 is 11.9 Å². The molecule has 1 aromatic carbocycles. The highest BCUT2D eigenvalue weighted by molar-refractivity contribution is 5.70. The van der Waals surface area contributed by atoms with Crippen molar-refractivity contribution in [3.8, 4) is 5.75 Å². The van der Waals surface area contributed by atoms with E-state index in [4.69, 9.17) is 9.84 Å². The van der Waals surface area contributed by atoms with Crippen LogP contribution in [0.1, 0.15) is 0 Å².